The van der Waals surface area contributed by atoms with Gasteiger partial charge in [-0.15, -0.1) is 0 Å². The first-order valence-corrected chi connectivity index (χ1v) is 12.0. The fourth-order valence-electron chi connectivity index (χ4n) is 3.17. The van der Waals surface area contributed by atoms with Gasteiger partial charge in [0.15, 0.2) is 18.2 Å². The maximum absolute atomic E-state index is 4.05. The smallest absolute Gasteiger partial charge is 0.178 e. The molecule has 2 saturated heterocycles. The fraction of sp³-hybridized carbons (Fsp3) is 1.00. The zero-order valence-corrected chi connectivity index (χ0v) is 13.9. The molecule has 0 aromatic heterocycles. The lowest BCUT2D eigenvalue weighted by Crippen LogP contribution is -2.60. The van der Waals surface area contributed by atoms with Gasteiger partial charge in [-0.3, -0.25) is 0 Å². The summed E-state index contributed by atoms with van der Waals surface area (Å²) >= 11 is 0. The Labute approximate surface area is 110 Å². The molecule has 2 atom stereocenters. The van der Waals surface area contributed by atoms with Crippen molar-refractivity contribution < 1.29 is 0 Å². The monoisotopic (exact) mass is 271 g/mol. The second kappa shape index (κ2) is 7.04. The van der Waals surface area contributed by atoms with Gasteiger partial charge in [-0.05, 0) is 65.0 Å². The fourth-order valence-corrected chi connectivity index (χ4v) is 9.93. The molecule has 0 bridgehead atoms. The highest BCUT2D eigenvalue weighted by molar-refractivity contribution is 6.68. The molecule has 17 heavy (non-hydrogen) atoms. The van der Waals surface area contributed by atoms with Crippen molar-refractivity contribution in [3.8, 4) is 0 Å². The molecule has 3 nitrogen and oxygen atoms in total. The molecule has 0 radical (unpaired) electrons. The molecule has 0 spiro atoms. The van der Waals surface area contributed by atoms with Gasteiger partial charge in [-0.25, -0.2) is 0 Å². The molecule has 0 aromatic rings. The van der Waals surface area contributed by atoms with Crippen LogP contribution < -0.4 is 4.65 Å². The molecule has 0 aliphatic carbocycles. The minimum Gasteiger partial charge on any atom is -0.340 e. The molecule has 0 aromatic carbocycles. The molecule has 0 amide bonds. The number of nitrogens with zero attached hydrogens (tertiary/aromatic N) is 2. The molecule has 1 N–H and O–H groups in total. The van der Waals surface area contributed by atoms with E-state index in [0.717, 1.165) is 0 Å². The number of piperidine rings is 2. The minimum atomic E-state index is -0.809. The van der Waals surface area contributed by atoms with E-state index < -0.39 is 18.2 Å². The molecule has 5 heteroatoms. The molecule has 100 valence electrons. The van der Waals surface area contributed by atoms with E-state index in [1.807, 2.05) is 0 Å². The van der Waals surface area contributed by atoms with Crippen LogP contribution in [0, 0.1) is 0 Å². The van der Waals surface area contributed by atoms with Crippen LogP contribution in [-0.2, 0) is 0 Å². The molecule has 2 aliphatic rings. The van der Waals surface area contributed by atoms with Gasteiger partial charge in [0, 0.05) is 0 Å². The second-order valence-corrected chi connectivity index (χ2v) is 11.2. The summed E-state index contributed by atoms with van der Waals surface area (Å²) in [5, 5.41) is 0. The Hall–Kier alpha value is 0.314. The first-order valence-electron chi connectivity index (χ1n) is 7.51. The molecular formula is C12H29N3Si2. The van der Waals surface area contributed by atoms with Crippen molar-refractivity contribution in [2.75, 3.05) is 26.2 Å². The van der Waals surface area contributed by atoms with E-state index in [9.17, 15) is 0 Å². The summed E-state index contributed by atoms with van der Waals surface area (Å²) in [5.74, 6) is 0. The van der Waals surface area contributed by atoms with Crippen LogP contribution in [0.2, 0.25) is 13.1 Å². The lowest BCUT2D eigenvalue weighted by atomic mass is 10.2. The highest BCUT2D eigenvalue weighted by atomic mass is 28.4. The van der Waals surface area contributed by atoms with Crippen molar-refractivity contribution in [1.82, 2.24) is 13.8 Å². The summed E-state index contributed by atoms with van der Waals surface area (Å²) in [6.45, 7) is 10.4. The number of hydrogen-bond acceptors (Lipinski definition) is 3. The number of rotatable bonds is 4. The Morgan fingerprint density at radius 1 is 0.647 bits per heavy atom. The van der Waals surface area contributed by atoms with Gasteiger partial charge in [0.25, 0.3) is 0 Å². The zero-order chi connectivity index (χ0) is 12.1. The van der Waals surface area contributed by atoms with Gasteiger partial charge >= 0.3 is 0 Å². The summed E-state index contributed by atoms with van der Waals surface area (Å²) in [6.07, 6.45) is 8.63. The Kier molecular flexibility index (Phi) is 5.69. The summed E-state index contributed by atoms with van der Waals surface area (Å²) in [7, 11) is -1.62. The highest BCUT2D eigenvalue weighted by Gasteiger charge is 2.23. The van der Waals surface area contributed by atoms with Crippen LogP contribution in [0.25, 0.3) is 0 Å². The van der Waals surface area contributed by atoms with Crippen molar-refractivity contribution >= 4 is 18.2 Å². The van der Waals surface area contributed by atoms with Crippen LogP contribution in [0.5, 0.6) is 0 Å². The highest BCUT2D eigenvalue weighted by Crippen LogP contribution is 2.12. The zero-order valence-electron chi connectivity index (χ0n) is 11.6. The summed E-state index contributed by atoms with van der Waals surface area (Å²) < 4.78 is 9.60. The van der Waals surface area contributed by atoms with Crippen molar-refractivity contribution in [2.45, 2.75) is 51.6 Å². The molecule has 2 aliphatic heterocycles. The largest absolute Gasteiger partial charge is 0.340 e. The van der Waals surface area contributed by atoms with Gasteiger partial charge in [0.1, 0.15) is 0 Å². The lowest BCUT2D eigenvalue weighted by molar-refractivity contribution is 0.340. The molecular weight excluding hydrogens is 242 g/mol. The topological polar surface area (TPSA) is 18.5 Å². The lowest BCUT2D eigenvalue weighted by Gasteiger charge is -2.37. The Balaban J connectivity index is 1.74. The molecule has 2 heterocycles. The van der Waals surface area contributed by atoms with Crippen molar-refractivity contribution in [1.29, 1.82) is 0 Å². The first kappa shape index (κ1) is 13.7. The predicted octanol–water partition coefficient (Wildman–Crippen LogP) is 1.25. The van der Waals surface area contributed by atoms with E-state index in [-0.39, 0.29) is 0 Å². The normalized spacial score (nSPS) is 27.9. The third-order valence-electron chi connectivity index (χ3n) is 4.36. The average Bonchev–Trinajstić information content (AvgIpc) is 2.40. The van der Waals surface area contributed by atoms with E-state index in [4.69, 9.17) is 0 Å². The standard InChI is InChI=1S/C12H29N3Si2/c1-16(14-9-5-3-6-10-14)13-17(2)15-11-7-4-8-12-15/h13,16-17H,3-12H2,1-2H3. The maximum Gasteiger partial charge on any atom is 0.178 e. The van der Waals surface area contributed by atoms with E-state index in [1.54, 1.807) is 0 Å². The van der Waals surface area contributed by atoms with E-state index in [1.165, 1.54) is 64.7 Å². The number of hydrogen-bond donors (Lipinski definition) is 1. The molecule has 2 rings (SSSR count). The van der Waals surface area contributed by atoms with Crippen LogP contribution in [-0.4, -0.2) is 53.5 Å². The maximum atomic E-state index is 4.05. The van der Waals surface area contributed by atoms with Gasteiger partial charge in [0.05, 0.1) is 0 Å². The van der Waals surface area contributed by atoms with Gasteiger partial charge < -0.3 is 13.8 Å². The molecule has 0 saturated carbocycles. The Bertz CT molecular complexity index is 194. The minimum absolute atomic E-state index is 0.809. The average molecular weight is 272 g/mol. The Morgan fingerprint density at radius 2 is 1.00 bits per heavy atom. The van der Waals surface area contributed by atoms with Crippen LogP contribution >= 0.6 is 0 Å². The third kappa shape index (κ3) is 4.17. The second-order valence-electron chi connectivity index (χ2n) is 5.71. The third-order valence-corrected chi connectivity index (χ3v) is 11.4. The summed E-state index contributed by atoms with van der Waals surface area (Å²) in [6, 6.07) is 0. The van der Waals surface area contributed by atoms with Crippen molar-refractivity contribution in [2.24, 2.45) is 0 Å². The van der Waals surface area contributed by atoms with Gasteiger partial charge in [-0.1, -0.05) is 12.8 Å². The Morgan fingerprint density at radius 3 is 1.35 bits per heavy atom. The summed E-state index contributed by atoms with van der Waals surface area (Å²) in [5.41, 5.74) is 0. The van der Waals surface area contributed by atoms with Crippen LogP contribution in [0.1, 0.15) is 38.5 Å². The molecule has 2 unspecified atom stereocenters. The molecule has 2 fully saturated rings. The van der Waals surface area contributed by atoms with E-state index in [0.29, 0.717) is 0 Å². The van der Waals surface area contributed by atoms with Gasteiger partial charge in [0.2, 0.25) is 0 Å². The van der Waals surface area contributed by atoms with Crippen molar-refractivity contribution in [3.05, 3.63) is 0 Å². The van der Waals surface area contributed by atoms with E-state index >= 15 is 0 Å². The van der Waals surface area contributed by atoms with Gasteiger partial charge in [-0.2, -0.15) is 0 Å². The SMILES string of the molecule is C[SiH](N[SiH](C)N1CCCCC1)N1CCCCC1. The quantitative estimate of drug-likeness (QED) is 0.777. The van der Waals surface area contributed by atoms with E-state index in [2.05, 4.69) is 26.9 Å². The van der Waals surface area contributed by atoms with Crippen molar-refractivity contribution in [3.63, 3.8) is 0 Å². The van der Waals surface area contributed by atoms with Crippen LogP contribution in [0.4, 0.5) is 0 Å². The summed E-state index contributed by atoms with van der Waals surface area (Å²) in [4.78, 5) is 0. The van der Waals surface area contributed by atoms with Crippen LogP contribution in [0.15, 0.2) is 0 Å². The first-order chi connectivity index (χ1) is 8.27. The predicted molar refractivity (Wildman–Crippen MR) is 80.0 cm³/mol. The van der Waals surface area contributed by atoms with Crippen LogP contribution in [0.3, 0.4) is 0 Å². The number of nitrogens with one attached hydrogen (secondary N) is 1.